The number of hydrogen-bond donors (Lipinski definition) is 1. The number of carbonyl (C=O) groups excluding carboxylic acids is 2. The predicted molar refractivity (Wildman–Crippen MR) is 125 cm³/mol. The van der Waals surface area contributed by atoms with Gasteiger partial charge < -0.3 is 10.5 Å². The van der Waals surface area contributed by atoms with Crippen LogP contribution in [0.15, 0.2) is 60.8 Å². The number of nitrogens with two attached hydrogens (primary N) is 1. The predicted octanol–water partition coefficient (Wildman–Crippen LogP) is 5.29. The fourth-order valence-electron chi connectivity index (χ4n) is 3.26. The molecule has 35 heavy (non-hydrogen) atoms. The number of benzene rings is 2. The Morgan fingerprint density at radius 1 is 1.06 bits per heavy atom. The van der Waals surface area contributed by atoms with Crippen molar-refractivity contribution in [1.82, 2.24) is 14.8 Å². The smallest absolute Gasteiger partial charge is 0.434 e. The molecule has 1 heterocycles. The van der Waals surface area contributed by atoms with Crippen LogP contribution in [-0.2, 0) is 10.9 Å². The molecule has 2 amide bonds. The molecule has 11 heteroatoms. The SMILES string of the molecule is CCN(C(=O)c1ccnn1-c1ccc(N)cc1)N(C(=O)OC(C)(C)C)c1cccc(C(F)(F)F)c1. The lowest BCUT2D eigenvalue weighted by molar-refractivity contribution is -0.137. The highest BCUT2D eigenvalue weighted by atomic mass is 19.4. The third-order valence-electron chi connectivity index (χ3n) is 4.76. The van der Waals surface area contributed by atoms with Crippen LogP contribution in [0, 0.1) is 0 Å². The van der Waals surface area contributed by atoms with Gasteiger partial charge in [0.05, 0.1) is 23.1 Å². The summed E-state index contributed by atoms with van der Waals surface area (Å²) in [5.41, 5.74) is 4.75. The molecule has 0 spiro atoms. The molecule has 0 unspecified atom stereocenters. The molecule has 3 aromatic rings. The molecule has 0 atom stereocenters. The summed E-state index contributed by atoms with van der Waals surface area (Å²) in [6.07, 6.45) is -4.25. The van der Waals surface area contributed by atoms with E-state index in [0.717, 1.165) is 28.2 Å². The van der Waals surface area contributed by atoms with Crippen LogP contribution in [0.25, 0.3) is 5.69 Å². The number of anilines is 2. The number of nitrogen functional groups attached to an aromatic ring is 1. The van der Waals surface area contributed by atoms with Gasteiger partial charge in [-0.2, -0.15) is 23.3 Å². The summed E-state index contributed by atoms with van der Waals surface area (Å²) in [5.74, 6) is -0.676. The van der Waals surface area contributed by atoms with Crippen molar-refractivity contribution in [3.8, 4) is 5.69 Å². The zero-order chi connectivity index (χ0) is 26.0. The van der Waals surface area contributed by atoms with Crippen molar-refractivity contribution in [2.45, 2.75) is 39.5 Å². The highest BCUT2D eigenvalue weighted by molar-refractivity contribution is 5.99. The number of rotatable bonds is 4. The van der Waals surface area contributed by atoms with Crippen molar-refractivity contribution in [2.75, 3.05) is 17.3 Å². The van der Waals surface area contributed by atoms with Gasteiger partial charge in [-0.05, 0) is 76.2 Å². The second-order valence-electron chi connectivity index (χ2n) is 8.58. The van der Waals surface area contributed by atoms with Gasteiger partial charge in [0.25, 0.3) is 5.91 Å². The Morgan fingerprint density at radius 3 is 2.29 bits per heavy atom. The lowest BCUT2D eigenvalue weighted by Gasteiger charge is -2.35. The summed E-state index contributed by atoms with van der Waals surface area (Å²) in [7, 11) is 0. The first kappa shape index (κ1) is 25.6. The number of hydrazine groups is 1. The Balaban J connectivity index is 2.09. The van der Waals surface area contributed by atoms with E-state index >= 15 is 0 Å². The van der Waals surface area contributed by atoms with E-state index in [1.54, 1.807) is 52.0 Å². The van der Waals surface area contributed by atoms with E-state index in [2.05, 4.69) is 5.10 Å². The van der Waals surface area contributed by atoms with Crippen molar-refractivity contribution in [3.63, 3.8) is 0 Å². The first-order valence-electron chi connectivity index (χ1n) is 10.7. The lowest BCUT2D eigenvalue weighted by atomic mass is 10.2. The maximum atomic E-state index is 13.6. The molecule has 186 valence electrons. The second-order valence-corrected chi connectivity index (χ2v) is 8.58. The molecular weight excluding hydrogens is 463 g/mol. The molecule has 3 rings (SSSR count). The summed E-state index contributed by atoms with van der Waals surface area (Å²) in [6, 6.07) is 12.2. The van der Waals surface area contributed by atoms with E-state index in [4.69, 9.17) is 10.5 Å². The van der Waals surface area contributed by atoms with Crippen LogP contribution in [0.3, 0.4) is 0 Å². The molecule has 0 radical (unpaired) electrons. The Hall–Kier alpha value is -4.02. The number of halogens is 3. The van der Waals surface area contributed by atoms with Gasteiger partial charge in [-0.3, -0.25) is 4.79 Å². The van der Waals surface area contributed by atoms with Crippen molar-refractivity contribution in [2.24, 2.45) is 0 Å². The molecule has 0 aliphatic carbocycles. The van der Waals surface area contributed by atoms with Crippen LogP contribution < -0.4 is 10.7 Å². The van der Waals surface area contributed by atoms with Gasteiger partial charge in [-0.25, -0.2) is 14.5 Å². The molecule has 0 aliphatic heterocycles. The maximum absolute atomic E-state index is 13.6. The maximum Gasteiger partial charge on any atom is 0.434 e. The zero-order valence-electron chi connectivity index (χ0n) is 19.7. The Kier molecular flexibility index (Phi) is 7.09. The van der Waals surface area contributed by atoms with E-state index in [1.807, 2.05) is 0 Å². The highest BCUT2D eigenvalue weighted by Crippen LogP contribution is 2.33. The average molecular weight is 489 g/mol. The summed E-state index contributed by atoms with van der Waals surface area (Å²) in [4.78, 5) is 26.8. The van der Waals surface area contributed by atoms with Gasteiger partial charge in [0, 0.05) is 12.2 Å². The molecule has 2 aromatic carbocycles. The number of amides is 2. The van der Waals surface area contributed by atoms with Gasteiger partial charge in [0.15, 0.2) is 0 Å². The Bertz CT molecular complexity index is 1200. The van der Waals surface area contributed by atoms with E-state index in [1.165, 1.54) is 23.0 Å². The van der Waals surface area contributed by atoms with Crippen LogP contribution in [-0.4, -0.2) is 38.9 Å². The number of carbonyl (C=O) groups is 2. The normalized spacial score (nSPS) is 11.7. The fraction of sp³-hybridized carbons (Fsp3) is 0.292. The third-order valence-corrected chi connectivity index (χ3v) is 4.76. The van der Waals surface area contributed by atoms with Crippen LogP contribution in [0.4, 0.5) is 29.3 Å². The van der Waals surface area contributed by atoms with Crippen molar-refractivity contribution >= 4 is 23.4 Å². The number of ether oxygens (including phenoxy) is 1. The Morgan fingerprint density at radius 2 is 1.71 bits per heavy atom. The Labute approximate surface area is 200 Å². The lowest BCUT2D eigenvalue weighted by Crippen LogP contribution is -2.52. The van der Waals surface area contributed by atoms with E-state index in [-0.39, 0.29) is 17.9 Å². The van der Waals surface area contributed by atoms with Crippen LogP contribution in [0.5, 0.6) is 0 Å². The van der Waals surface area contributed by atoms with Crippen molar-refractivity contribution in [1.29, 1.82) is 0 Å². The minimum absolute atomic E-state index is 0.0543. The molecule has 0 fully saturated rings. The standard InChI is InChI=1S/C24H26F3N5O3/c1-5-30(21(33)20-13-14-29-31(20)18-11-9-17(28)10-12-18)32(22(34)35-23(2,3)4)19-8-6-7-16(15-19)24(25,26)27/h6-15H,5,28H2,1-4H3. The summed E-state index contributed by atoms with van der Waals surface area (Å²) in [6.45, 7) is 6.38. The molecule has 1 aromatic heterocycles. The highest BCUT2D eigenvalue weighted by Gasteiger charge is 2.35. The minimum atomic E-state index is -4.65. The van der Waals surface area contributed by atoms with E-state index in [0.29, 0.717) is 11.4 Å². The molecule has 2 N–H and O–H groups in total. The summed E-state index contributed by atoms with van der Waals surface area (Å²) < 4.78 is 47.0. The van der Waals surface area contributed by atoms with Crippen LogP contribution in [0.1, 0.15) is 43.7 Å². The molecule has 0 aliphatic rings. The number of nitrogens with zero attached hydrogens (tertiary/aromatic N) is 4. The van der Waals surface area contributed by atoms with Gasteiger partial charge >= 0.3 is 12.3 Å². The number of hydrogen-bond acceptors (Lipinski definition) is 5. The van der Waals surface area contributed by atoms with E-state index < -0.39 is 29.3 Å². The third kappa shape index (κ3) is 5.92. The molecular formula is C24H26F3N5O3. The molecule has 0 saturated carbocycles. The molecule has 8 nitrogen and oxygen atoms in total. The average Bonchev–Trinajstić information content (AvgIpc) is 3.25. The second kappa shape index (κ2) is 9.69. The largest absolute Gasteiger partial charge is 0.442 e. The van der Waals surface area contributed by atoms with Crippen LogP contribution >= 0.6 is 0 Å². The topological polar surface area (TPSA) is 93.7 Å². The summed E-state index contributed by atoms with van der Waals surface area (Å²) >= 11 is 0. The summed E-state index contributed by atoms with van der Waals surface area (Å²) in [5, 5.41) is 6.00. The monoisotopic (exact) mass is 489 g/mol. The van der Waals surface area contributed by atoms with Crippen molar-refractivity contribution in [3.05, 3.63) is 72.1 Å². The minimum Gasteiger partial charge on any atom is -0.442 e. The van der Waals surface area contributed by atoms with Gasteiger partial charge in [-0.1, -0.05) is 6.07 Å². The number of alkyl halides is 3. The van der Waals surface area contributed by atoms with Crippen molar-refractivity contribution < 1.29 is 27.5 Å². The van der Waals surface area contributed by atoms with Crippen LogP contribution in [0.2, 0.25) is 0 Å². The van der Waals surface area contributed by atoms with Gasteiger partial charge in [0.2, 0.25) is 0 Å². The zero-order valence-corrected chi connectivity index (χ0v) is 19.7. The first-order chi connectivity index (χ1) is 16.3. The quantitative estimate of drug-likeness (QED) is 0.397. The molecule has 0 saturated heterocycles. The first-order valence-corrected chi connectivity index (χ1v) is 10.7. The van der Waals surface area contributed by atoms with E-state index in [9.17, 15) is 22.8 Å². The van der Waals surface area contributed by atoms with Gasteiger partial charge in [0.1, 0.15) is 11.3 Å². The number of aromatic nitrogens is 2. The molecule has 0 bridgehead atoms. The fourth-order valence-corrected chi connectivity index (χ4v) is 3.26. The van der Waals surface area contributed by atoms with Gasteiger partial charge in [-0.15, -0.1) is 0 Å².